The second-order valence-corrected chi connectivity index (χ2v) is 5.69. The molecule has 1 N–H and O–H groups in total. The van der Waals surface area contributed by atoms with Crippen LogP contribution < -0.4 is 5.56 Å². The number of H-pyrrole nitrogens is 1. The van der Waals surface area contributed by atoms with Crippen LogP contribution >= 0.6 is 0 Å². The lowest BCUT2D eigenvalue weighted by Crippen LogP contribution is -2.13. The summed E-state index contributed by atoms with van der Waals surface area (Å²) in [6.45, 7) is 2.62. The molecule has 0 aliphatic heterocycles. The van der Waals surface area contributed by atoms with Gasteiger partial charge in [-0.3, -0.25) is 9.78 Å². The Bertz CT molecular complexity index is 1050. The Kier molecular flexibility index (Phi) is 3.42. The summed E-state index contributed by atoms with van der Waals surface area (Å²) >= 11 is 0. The van der Waals surface area contributed by atoms with E-state index < -0.39 is 0 Å². The fourth-order valence-electron chi connectivity index (χ4n) is 2.64. The zero-order valence-electron chi connectivity index (χ0n) is 13.1. The van der Waals surface area contributed by atoms with Crippen LogP contribution in [0.3, 0.4) is 0 Å². The summed E-state index contributed by atoms with van der Waals surface area (Å²) < 4.78 is 1.82. The molecule has 0 saturated carbocycles. The van der Waals surface area contributed by atoms with Crippen LogP contribution in [0.5, 0.6) is 0 Å². The van der Waals surface area contributed by atoms with Gasteiger partial charge in [-0.15, -0.1) is 0 Å². The first-order valence-corrected chi connectivity index (χ1v) is 7.62. The molecule has 6 heteroatoms. The zero-order valence-corrected chi connectivity index (χ0v) is 13.1. The normalized spacial score (nSPS) is 11.0. The van der Waals surface area contributed by atoms with E-state index >= 15 is 0 Å². The van der Waals surface area contributed by atoms with E-state index in [1.807, 2.05) is 29.7 Å². The number of nitrogens with zero attached hydrogens (tertiary/aromatic N) is 4. The molecular formula is C18H15N5O. The first kappa shape index (κ1) is 14.3. The number of aromatic amines is 1. The minimum Gasteiger partial charge on any atom is -0.320 e. The monoisotopic (exact) mass is 317 g/mol. The van der Waals surface area contributed by atoms with Crippen LogP contribution in [0.4, 0.5) is 0 Å². The van der Waals surface area contributed by atoms with Crippen LogP contribution in [0, 0.1) is 6.92 Å². The van der Waals surface area contributed by atoms with Crippen LogP contribution in [-0.4, -0.2) is 24.5 Å². The summed E-state index contributed by atoms with van der Waals surface area (Å²) in [6, 6.07) is 11.9. The van der Waals surface area contributed by atoms with Gasteiger partial charge in [-0.05, 0) is 24.6 Å². The molecule has 1 aromatic carbocycles. The molecule has 4 aromatic rings. The maximum Gasteiger partial charge on any atom is 0.277 e. The third-order valence-corrected chi connectivity index (χ3v) is 3.89. The van der Waals surface area contributed by atoms with Gasteiger partial charge >= 0.3 is 0 Å². The first-order chi connectivity index (χ1) is 11.7. The summed E-state index contributed by atoms with van der Waals surface area (Å²) in [7, 11) is 0. The van der Waals surface area contributed by atoms with Crippen molar-refractivity contribution in [2.75, 3.05) is 0 Å². The van der Waals surface area contributed by atoms with Gasteiger partial charge in [0.1, 0.15) is 5.82 Å². The Morgan fingerprint density at radius 3 is 2.75 bits per heavy atom. The van der Waals surface area contributed by atoms with E-state index in [0.717, 1.165) is 11.1 Å². The third-order valence-electron chi connectivity index (χ3n) is 3.89. The van der Waals surface area contributed by atoms with E-state index in [-0.39, 0.29) is 5.56 Å². The minimum absolute atomic E-state index is 0.205. The fourth-order valence-corrected chi connectivity index (χ4v) is 2.64. The van der Waals surface area contributed by atoms with Gasteiger partial charge in [0.25, 0.3) is 5.56 Å². The molecule has 0 amide bonds. The van der Waals surface area contributed by atoms with E-state index in [1.165, 1.54) is 5.56 Å². The third kappa shape index (κ3) is 2.58. The fraction of sp³-hybridized carbons (Fsp3) is 0.111. The van der Waals surface area contributed by atoms with Crippen molar-refractivity contribution in [2.45, 2.75) is 13.5 Å². The van der Waals surface area contributed by atoms with Crippen molar-refractivity contribution in [3.63, 3.8) is 0 Å². The highest BCUT2D eigenvalue weighted by Crippen LogP contribution is 2.15. The van der Waals surface area contributed by atoms with Gasteiger partial charge in [0.05, 0.1) is 6.33 Å². The summed E-state index contributed by atoms with van der Waals surface area (Å²) in [5.74, 6) is 0.473. The summed E-state index contributed by atoms with van der Waals surface area (Å²) in [5, 5.41) is 0. The molecular weight excluding hydrogens is 302 g/mol. The molecule has 0 atom stereocenters. The Hall–Kier alpha value is -3.28. The topological polar surface area (TPSA) is 76.5 Å². The molecule has 3 heterocycles. The summed E-state index contributed by atoms with van der Waals surface area (Å²) in [4.78, 5) is 28.1. The molecule has 0 aliphatic rings. The predicted octanol–water partition coefficient (Wildman–Crippen LogP) is 2.54. The van der Waals surface area contributed by atoms with Crippen molar-refractivity contribution < 1.29 is 0 Å². The van der Waals surface area contributed by atoms with E-state index in [9.17, 15) is 4.79 Å². The predicted molar refractivity (Wildman–Crippen MR) is 91.7 cm³/mol. The molecule has 0 saturated heterocycles. The Balaban J connectivity index is 1.77. The average Bonchev–Trinajstić information content (AvgIpc) is 3.01. The van der Waals surface area contributed by atoms with Gasteiger partial charge in [0.2, 0.25) is 0 Å². The van der Waals surface area contributed by atoms with Crippen LogP contribution in [0.1, 0.15) is 11.1 Å². The number of aryl methyl sites for hydroxylation is 1. The van der Waals surface area contributed by atoms with Crippen LogP contribution in [0.15, 0.2) is 59.9 Å². The quantitative estimate of drug-likeness (QED) is 0.630. The highest BCUT2D eigenvalue weighted by atomic mass is 16.1. The van der Waals surface area contributed by atoms with Crippen molar-refractivity contribution in [1.29, 1.82) is 0 Å². The lowest BCUT2D eigenvalue weighted by molar-refractivity contribution is 0.819. The molecule has 3 aromatic heterocycles. The van der Waals surface area contributed by atoms with Crippen molar-refractivity contribution in [3.05, 3.63) is 76.6 Å². The second kappa shape index (κ2) is 5.73. The highest BCUT2D eigenvalue weighted by molar-refractivity contribution is 5.72. The molecule has 4 rings (SSSR count). The molecule has 0 unspecified atom stereocenters. The van der Waals surface area contributed by atoms with E-state index in [4.69, 9.17) is 0 Å². The largest absolute Gasteiger partial charge is 0.320 e. The number of nitrogens with one attached hydrogen (secondary N) is 1. The van der Waals surface area contributed by atoms with Crippen LogP contribution in [-0.2, 0) is 6.54 Å². The SMILES string of the molecule is Cc1ccc(Cn2cnc3nc(-c4cccnc4)[nH]c(=O)c32)cc1. The van der Waals surface area contributed by atoms with Gasteiger partial charge in [-0.2, -0.15) is 0 Å². The Morgan fingerprint density at radius 1 is 1.17 bits per heavy atom. The number of aromatic nitrogens is 5. The molecule has 118 valence electrons. The minimum atomic E-state index is -0.205. The van der Waals surface area contributed by atoms with Gasteiger partial charge in [0, 0.05) is 24.5 Å². The van der Waals surface area contributed by atoms with Crippen molar-refractivity contribution in [3.8, 4) is 11.4 Å². The van der Waals surface area contributed by atoms with Gasteiger partial charge in [-0.1, -0.05) is 29.8 Å². The number of rotatable bonds is 3. The van der Waals surface area contributed by atoms with Gasteiger partial charge < -0.3 is 9.55 Å². The number of imidazole rings is 1. The number of pyridine rings is 1. The lowest BCUT2D eigenvalue weighted by atomic mass is 10.1. The molecule has 0 radical (unpaired) electrons. The second-order valence-electron chi connectivity index (χ2n) is 5.69. The average molecular weight is 317 g/mol. The van der Waals surface area contributed by atoms with Gasteiger partial charge in [0.15, 0.2) is 11.2 Å². The number of benzene rings is 1. The van der Waals surface area contributed by atoms with E-state index in [0.29, 0.717) is 23.5 Å². The molecule has 0 fully saturated rings. The molecule has 0 aliphatic carbocycles. The molecule has 6 nitrogen and oxygen atoms in total. The van der Waals surface area contributed by atoms with Crippen molar-refractivity contribution >= 4 is 11.2 Å². The van der Waals surface area contributed by atoms with Crippen LogP contribution in [0.25, 0.3) is 22.6 Å². The standard InChI is InChI=1S/C18H15N5O/c1-12-4-6-13(7-5-12)10-23-11-20-17-15(23)18(24)22-16(21-17)14-3-2-8-19-9-14/h2-9,11H,10H2,1H3,(H,21,22,24). The number of hydrogen-bond acceptors (Lipinski definition) is 4. The molecule has 0 spiro atoms. The summed E-state index contributed by atoms with van der Waals surface area (Å²) in [6.07, 6.45) is 4.99. The zero-order chi connectivity index (χ0) is 16.5. The van der Waals surface area contributed by atoms with E-state index in [1.54, 1.807) is 24.8 Å². The van der Waals surface area contributed by atoms with Crippen LogP contribution in [0.2, 0.25) is 0 Å². The lowest BCUT2D eigenvalue weighted by Gasteiger charge is -2.05. The maximum absolute atomic E-state index is 12.5. The Labute approximate surface area is 137 Å². The van der Waals surface area contributed by atoms with Crippen molar-refractivity contribution in [2.24, 2.45) is 0 Å². The highest BCUT2D eigenvalue weighted by Gasteiger charge is 2.12. The first-order valence-electron chi connectivity index (χ1n) is 7.62. The maximum atomic E-state index is 12.5. The summed E-state index contributed by atoms with van der Waals surface area (Å²) in [5.41, 5.74) is 3.77. The molecule has 24 heavy (non-hydrogen) atoms. The molecule has 0 bridgehead atoms. The Morgan fingerprint density at radius 2 is 2.00 bits per heavy atom. The number of hydrogen-bond donors (Lipinski definition) is 1. The smallest absolute Gasteiger partial charge is 0.277 e. The van der Waals surface area contributed by atoms with Crippen molar-refractivity contribution in [1.82, 2.24) is 24.5 Å². The van der Waals surface area contributed by atoms with Gasteiger partial charge in [-0.25, -0.2) is 9.97 Å². The van der Waals surface area contributed by atoms with E-state index in [2.05, 4.69) is 32.1 Å². The number of fused-ring (bicyclic) bond motifs is 1.